The first-order valence-electron chi connectivity index (χ1n) is 8.31. The number of esters is 2. The van der Waals surface area contributed by atoms with Crippen molar-refractivity contribution in [3.63, 3.8) is 0 Å². The number of carbonyl (C=O) groups excluding carboxylic acids is 2. The molecule has 3 rings (SSSR count). The SMILES string of the molecule is COC(=O)C1=C(C)NC(C)=C(C(=O)OC)C1c1ccc2ccccc2c1. The Morgan fingerprint density at radius 1 is 0.846 bits per heavy atom. The molecule has 0 aromatic heterocycles. The van der Waals surface area contributed by atoms with Crippen LogP contribution < -0.4 is 5.32 Å². The zero-order valence-electron chi connectivity index (χ0n) is 15.3. The van der Waals surface area contributed by atoms with Gasteiger partial charge in [-0.25, -0.2) is 9.59 Å². The number of dihydropyridines is 1. The van der Waals surface area contributed by atoms with E-state index < -0.39 is 17.9 Å². The molecule has 0 amide bonds. The predicted molar refractivity (Wildman–Crippen MR) is 99.3 cm³/mol. The molecule has 0 spiro atoms. The highest BCUT2D eigenvalue weighted by Crippen LogP contribution is 2.39. The third-order valence-corrected chi connectivity index (χ3v) is 4.68. The first-order valence-corrected chi connectivity index (χ1v) is 8.31. The van der Waals surface area contributed by atoms with E-state index in [9.17, 15) is 9.59 Å². The van der Waals surface area contributed by atoms with E-state index in [2.05, 4.69) is 5.32 Å². The third-order valence-electron chi connectivity index (χ3n) is 4.68. The van der Waals surface area contributed by atoms with Gasteiger partial charge >= 0.3 is 11.9 Å². The monoisotopic (exact) mass is 351 g/mol. The van der Waals surface area contributed by atoms with Gasteiger partial charge in [-0.3, -0.25) is 0 Å². The quantitative estimate of drug-likeness (QED) is 0.859. The van der Waals surface area contributed by atoms with Gasteiger partial charge in [0.05, 0.1) is 31.3 Å². The molecule has 0 fully saturated rings. The largest absolute Gasteiger partial charge is 0.466 e. The molecule has 0 aliphatic carbocycles. The summed E-state index contributed by atoms with van der Waals surface area (Å²) in [4.78, 5) is 25.0. The Bertz CT molecular complexity index is 917. The van der Waals surface area contributed by atoms with Crippen LogP contribution >= 0.6 is 0 Å². The maximum absolute atomic E-state index is 12.5. The lowest BCUT2D eigenvalue weighted by atomic mass is 9.80. The van der Waals surface area contributed by atoms with Gasteiger partial charge in [0, 0.05) is 11.4 Å². The molecule has 5 nitrogen and oxygen atoms in total. The summed E-state index contributed by atoms with van der Waals surface area (Å²) in [7, 11) is 2.67. The molecule has 1 N–H and O–H groups in total. The molecular formula is C21H21NO4. The molecule has 134 valence electrons. The van der Waals surface area contributed by atoms with Gasteiger partial charge in [-0.1, -0.05) is 42.5 Å². The summed E-state index contributed by atoms with van der Waals surface area (Å²) in [5.74, 6) is -1.50. The van der Waals surface area contributed by atoms with Gasteiger partial charge in [0.25, 0.3) is 0 Å². The Hall–Kier alpha value is -3.08. The summed E-state index contributed by atoms with van der Waals surface area (Å²) >= 11 is 0. The van der Waals surface area contributed by atoms with Crippen molar-refractivity contribution in [3.8, 4) is 0 Å². The van der Waals surface area contributed by atoms with Crippen LogP contribution in [0.1, 0.15) is 25.3 Å². The van der Waals surface area contributed by atoms with Crippen LogP contribution in [0.5, 0.6) is 0 Å². The van der Waals surface area contributed by atoms with Gasteiger partial charge in [0.2, 0.25) is 0 Å². The molecule has 0 atom stereocenters. The Labute approximate surface area is 152 Å². The van der Waals surface area contributed by atoms with Crippen molar-refractivity contribution in [3.05, 3.63) is 70.6 Å². The molecule has 0 saturated carbocycles. The average molecular weight is 351 g/mol. The Kier molecular flexibility index (Phi) is 4.80. The number of hydrogen-bond acceptors (Lipinski definition) is 5. The van der Waals surface area contributed by atoms with Crippen molar-refractivity contribution in [1.29, 1.82) is 0 Å². The molecule has 26 heavy (non-hydrogen) atoms. The lowest BCUT2D eigenvalue weighted by molar-refractivity contribution is -0.137. The zero-order chi connectivity index (χ0) is 18.8. The Balaban J connectivity index is 2.25. The number of carbonyl (C=O) groups is 2. The van der Waals surface area contributed by atoms with E-state index >= 15 is 0 Å². The second kappa shape index (κ2) is 7.04. The summed E-state index contributed by atoms with van der Waals surface area (Å²) in [6.45, 7) is 3.61. The lowest BCUT2D eigenvalue weighted by Crippen LogP contribution is -2.32. The fraction of sp³-hybridized carbons (Fsp3) is 0.238. The molecule has 2 aromatic carbocycles. The van der Waals surface area contributed by atoms with Crippen LogP contribution in [0.4, 0.5) is 0 Å². The highest BCUT2D eigenvalue weighted by atomic mass is 16.5. The summed E-state index contributed by atoms with van der Waals surface area (Å²) in [6.07, 6.45) is 0. The Morgan fingerprint density at radius 3 is 1.92 bits per heavy atom. The first-order chi connectivity index (χ1) is 12.5. The van der Waals surface area contributed by atoms with Crippen molar-refractivity contribution < 1.29 is 19.1 Å². The number of methoxy groups -OCH3 is 2. The van der Waals surface area contributed by atoms with Gasteiger partial charge in [-0.2, -0.15) is 0 Å². The molecule has 1 aliphatic rings. The molecule has 0 bridgehead atoms. The minimum absolute atomic E-state index is 0.411. The van der Waals surface area contributed by atoms with Gasteiger partial charge < -0.3 is 14.8 Å². The topological polar surface area (TPSA) is 64.6 Å². The van der Waals surface area contributed by atoms with Gasteiger partial charge in [-0.05, 0) is 30.2 Å². The highest BCUT2D eigenvalue weighted by molar-refractivity contribution is 6.00. The number of rotatable bonds is 3. The van der Waals surface area contributed by atoms with Crippen molar-refractivity contribution in [2.24, 2.45) is 0 Å². The second-order valence-electron chi connectivity index (χ2n) is 6.23. The van der Waals surface area contributed by atoms with Gasteiger partial charge in [-0.15, -0.1) is 0 Å². The van der Waals surface area contributed by atoms with E-state index in [0.29, 0.717) is 22.5 Å². The maximum Gasteiger partial charge on any atom is 0.336 e. The molecule has 5 heteroatoms. The summed E-state index contributed by atoms with van der Waals surface area (Å²) < 4.78 is 9.97. The normalized spacial score (nSPS) is 15.1. The second-order valence-corrected chi connectivity index (χ2v) is 6.23. The number of hydrogen-bond donors (Lipinski definition) is 1. The molecule has 1 aliphatic heterocycles. The molecule has 0 unspecified atom stereocenters. The number of allylic oxidation sites excluding steroid dienone is 2. The van der Waals surface area contributed by atoms with Crippen LogP contribution in [0.2, 0.25) is 0 Å². The van der Waals surface area contributed by atoms with Crippen LogP contribution in [0.15, 0.2) is 65.0 Å². The van der Waals surface area contributed by atoms with Crippen molar-refractivity contribution in [1.82, 2.24) is 5.32 Å². The van der Waals surface area contributed by atoms with Crippen LogP contribution in [-0.2, 0) is 19.1 Å². The smallest absolute Gasteiger partial charge is 0.336 e. The predicted octanol–water partition coefficient (Wildman–Crippen LogP) is 3.42. The minimum atomic E-state index is -0.555. The van der Waals surface area contributed by atoms with Crippen molar-refractivity contribution >= 4 is 22.7 Å². The van der Waals surface area contributed by atoms with Gasteiger partial charge in [0.15, 0.2) is 0 Å². The third kappa shape index (κ3) is 2.96. The molecular weight excluding hydrogens is 330 g/mol. The number of nitrogens with one attached hydrogen (secondary N) is 1. The maximum atomic E-state index is 12.5. The number of benzene rings is 2. The average Bonchev–Trinajstić information content (AvgIpc) is 2.65. The summed E-state index contributed by atoms with van der Waals surface area (Å²) in [6, 6.07) is 13.9. The van der Waals surface area contributed by atoms with E-state index in [4.69, 9.17) is 9.47 Å². The van der Waals surface area contributed by atoms with Crippen LogP contribution in [0.25, 0.3) is 10.8 Å². The standard InChI is InChI=1S/C21H21NO4/c1-12-17(20(23)25-3)19(18(13(2)22-12)21(24)26-4)16-10-9-14-7-5-6-8-15(14)11-16/h5-11,19,22H,1-4H3. The summed E-state index contributed by atoms with van der Waals surface area (Å²) in [5.41, 5.74) is 2.99. The van der Waals surface area contributed by atoms with Crippen LogP contribution in [0, 0.1) is 0 Å². The van der Waals surface area contributed by atoms with E-state index in [1.165, 1.54) is 14.2 Å². The van der Waals surface area contributed by atoms with E-state index in [1.54, 1.807) is 13.8 Å². The number of fused-ring (bicyclic) bond motifs is 1. The fourth-order valence-electron chi connectivity index (χ4n) is 3.48. The van der Waals surface area contributed by atoms with E-state index in [1.807, 2.05) is 42.5 Å². The van der Waals surface area contributed by atoms with E-state index in [0.717, 1.165) is 16.3 Å². The fourth-order valence-corrected chi connectivity index (χ4v) is 3.48. The molecule has 2 aromatic rings. The van der Waals surface area contributed by atoms with Crippen molar-refractivity contribution in [2.45, 2.75) is 19.8 Å². The summed E-state index contributed by atoms with van der Waals surface area (Å²) in [5, 5.41) is 5.23. The molecule has 0 radical (unpaired) electrons. The van der Waals surface area contributed by atoms with Gasteiger partial charge in [0.1, 0.15) is 0 Å². The first kappa shape index (κ1) is 17.7. The van der Waals surface area contributed by atoms with Crippen LogP contribution in [-0.4, -0.2) is 26.2 Å². The van der Waals surface area contributed by atoms with E-state index in [-0.39, 0.29) is 0 Å². The number of ether oxygens (including phenoxy) is 2. The van der Waals surface area contributed by atoms with Crippen molar-refractivity contribution in [2.75, 3.05) is 14.2 Å². The lowest BCUT2D eigenvalue weighted by Gasteiger charge is -2.30. The molecule has 0 saturated heterocycles. The minimum Gasteiger partial charge on any atom is -0.466 e. The van der Waals surface area contributed by atoms with Crippen LogP contribution in [0.3, 0.4) is 0 Å². The Morgan fingerprint density at radius 2 is 1.38 bits per heavy atom. The zero-order valence-corrected chi connectivity index (χ0v) is 15.3. The molecule has 1 heterocycles. The highest BCUT2D eigenvalue weighted by Gasteiger charge is 2.37.